The van der Waals surface area contributed by atoms with Crippen molar-refractivity contribution in [3.8, 4) is 11.5 Å². The molecule has 0 saturated carbocycles. The van der Waals surface area contributed by atoms with Gasteiger partial charge in [-0.3, -0.25) is 0 Å². The van der Waals surface area contributed by atoms with E-state index in [0.29, 0.717) is 31.6 Å². The number of rotatable bonds is 7. The second-order valence-corrected chi connectivity index (χ2v) is 6.74. The first-order valence-corrected chi connectivity index (χ1v) is 8.71. The maximum absolute atomic E-state index is 11.8. The van der Waals surface area contributed by atoms with Gasteiger partial charge in [-0.2, -0.15) is 0 Å². The summed E-state index contributed by atoms with van der Waals surface area (Å²) in [5, 5.41) is 1.68. The molecular formula is C17H14Cl4O4. The van der Waals surface area contributed by atoms with Crippen LogP contribution in [0.5, 0.6) is 11.5 Å². The van der Waals surface area contributed by atoms with Crippen LogP contribution in [0.2, 0.25) is 20.1 Å². The minimum atomic E-state index is -0.552. The molecule has 8 heteroatoms. The average Bonchev–Trinajstić information content (AvgIpc) is 2.53. The van der Waals surface area contributed by atoms with Crippen LogP contribution in [0.25, 0.3) is 0 Å². The fourth-order valence-corrected chi connectivity index (χ4v) is 2.75. The van der Waals surface area contributed by atoms with Crippen LogP contribution in [-0.2, 0) is 9.53 Å². The van der Waals surface area contributed by atoms with E-state index in [2.05, 4.69) is 0 Å². The molecule has 0 aliphatic carbocycles. The molecule has 0 fully saturated rings. The molecule has 134 valence electrons. The van der Waals surface area contributed by atoms with E-state index in [1.54, 1.807) is 37.3 Å². The SMILES string of the molecule is C[C@@H](COc1ccc(Cl)cc1Cl)OC(=O)COc1ccc(Cl)cc1Cl. The molecule has 0 N–H and O–H groups in total. The van der Waals surface area contributed by atoms with Gasteiger partial charge in [0.2, 0.25) is 0 Å². The summed E-state index contributed by atoms with van der Waals surface area (Å²) in [7, 11) is 0. The van der Waals surface area contributed by atoms with Gasteiger partial charge in [0.15, 0.2) is 6.61 Å². The summed E-state index contributed by atoms with van der Waals surface area (Å²) in [6.07, 6.45) is -0.497. The first-order chi connectivity index (χ1) is 11.8. The largest absolute Gasteiger partial charge is 0.488 e. The van der Waals surface area contributed by atoms with Crippen LogP contribution in [0.15, 0.2) is 36.4 Å². The van der Waals surface area contributed by atoms with E-state index >= 15 is 0 Å². The molecule has 2 rings (SSSR count). The van der Waals surface area contributed by atoms with Crippen LogP contribution >= 0.6 is 46.4 Å². The van der Waals surface area contributed by atoms with E-state index in [9.17, 15) is 4.79 Å². The van der Waals surface area contributed by atoms with Gasteiger partial charge in [-0.1, -0.05) is 46.4 Å². The highest BCUT2D eigenvalue weighted by atomic mass is 35.5. The number of benzene rings is 2. The van der Waals surface area contributed by atoms with Crippen LogP contribution in [0, 0.1) is 0 Å². The molecular weight excluding hydrogens is 410 g/mol. The summed E-state index contributed by atoms with van der Waals surface area (Å²) in [5.74, 6) is 0.252. The minimum absolute atomic E-state index is 0.134. The number of hydrogen-bond acceptors (Lipinski definition) is 4. The molecule has 0 bridgehead atoms. The van der Waals surface area contributed by atoms with E-state index in [-0.39, 0.29) is 13.2 Å². The van der Waals surface area contributed by atoms with Crippen molar-refractivity contribution in [2.75, 3.05) is 13.2 Å². The van der Waals surface area contributed by atoms with Crippen LogP contribution in [0.3, 0.4) is 0 Å². The maximum atomic E-state index is 11.8. The van der Waals surface area contributed by atoms with Crippen molar-refractivity contribution in [2.45, 2.75) is 13.0 Å². The van der Waals surface area contributed by atoms with Gasteiger partial charge < -0.3 is 14.2 Å². The highest BCUT2D eigenvalue weighted by Crippen LogP contribution is 2.28. The topological polar surface area (TPSA) is 44.8 Å². The number of esters is 1. The smallest absolute Gasteiger partial charge is 0.344 e. The average molecular weight is 424 g/mol. The van der Waals surface area contributed by atoms with Crippen molar-refractivity contribution in [3.05, 3.63) is 56.5 Å². The molecule has 0 amide bonds. The third kappa shape index (κ3) is 6.48. The molecule has 0 saturated heterocycles. The lowest BCUT2D eigenvalue weighted by molar-refractivity contribution is -0.151. The normalized spacial score (nSPS) is 11.7. The predicted octanol–water partition coefficient (Wildman–Crippen LogP) is 5.69. The van der Waals surface area contributed by atoms with Crippen molar-refractivity contribution in [3.63, 3.8) is 0 Å². The molecule has 4 nitrogen and oxygen atoms in total. The van der Waals surface area contributed by atoms with Crippen LogP contribution < -0.4 is 9.47 Å². The summed E-state index contributed by atoms with van der Waals surface area (Å²) >= 11 is 23.6. The summed E-state index contributed by atoms with van der Waals surface area (Å²) in [4.78, 5) is 11.8. The maximum Gasteiger partial charge on any atom is 0.344 e. The highest BCUT2D eigenvalue weighted by molar-refractivity contribution is 6.36. The molecule has 2 aromatic carbocycles. The summed E-state index contributed by atoms with van der Waals surface area (Å²) in [6.45, 7) is 1.54. The molecule has 0 heterocycles. The van der Waals surface area contributed by atoms with Gasteiger partial charge in [-0.05, 0) is 43.3 Å². The zero-order chi connectivity index (χ0) is 18.4. The van der Waals surface area contributed by atoms with Crippen molar-refractivity contribution in [1.29, 1.82) is 0 Å². The summed E-state index contributed by atoms with van der Waals surface area (Å²) < 4.78 is 16.0. The Morgan fingerprint density at radius 1 is 0.920 bits per heavy atom. The number of ether oxygens (including phenoxy) is 3. The van der Waals surface area contributed by atoms with Gasteiger partial charge in [0, 0.05) is 10.0 Å². The summed E-state index contributed by atoms with van der Waals surface area (Å²) in [6, 6.07) is 9.58. The molecule has 25 heavy (non-hydrogen) atoms. The number of carbonyl (C=O) groups is 1. The van der Waals surface area contributed by atoms with E-state index in [0.717, 1.165) is 0 Å². The van der Waals surface area contributed by atoms with E-state index in [4.69, 9.17) is 60.6 Å². The lowest BCUT2D eigenvalue weighted by Crippen LogP contribution is -2.25. The van der Waals surface area contributed by atoms with Crippen LogP contribution in [-0.4, -0.2) is 25.3 Å². The Hall–Kier alpha value is -1.33. The Labute approximate surface area is 165 Å². The molecule has 0 radical (unpaired) electrons. The van der Waals surface area contributed by atoms with Gasteiger partial charge in [-0.15, -0.1) is 0 Å². The Balaban J connectivity index is 1.77. The molecule has 0 unspecified atom stereocenters. The first kappa shape index (κ1) is 20.0. The Bertz CT molecular complexity index is 751. The first-order valence-electron chi connectivity index (χ1n) is 7.20. The molecule has 0 spiro atoms. The predicted molar refractivity (Wildman–Crippen MR) is 99.5 cm³/mol. The minimum Gasteiger partial charge on any atom is -0.488 e. The van der Waals surface area contributed by atoms with E-state index < -0.39 is 12.1 Å². The van der Waals surface area contributed by atoms with Crippen molar-refractivity contribution < 1.29 is 19.0 Å². The third-order valence-corrected chi connectivity index (χ3v) is 4.00. The molecule has 2 aromatic rings. The number of halogens is 4. The van der Waals surface area contributed by atoms with Crippen molar-refractivity contribution >= 4 is 52.4 Å². The molecule has 0 aliphatic rings. The van der Waals surface area contributed by atoms with Gasteiger partial charge in [0.1, 0.15) is 24.2 Å². The number of carbonyl (C=O) groups excluding carboxylic acids is 1. The quantitative estimate of drug-likeness (QED) is 0.536. The van der Waals surface area contributed by atoms with E-state index in [1.807, 2.05) is 0 Å². The van der Waals surface area contributed by atoms with E-state index in [1.165, 1.54) is 6.07 Å². The van der Waals surface area contributed by atoms with Crippen molar-refractivity contribution in [2.24, 2.45) is 0 Å². The highest BCUT2D eigenvalue weighted by Gasteiger charge is 2.13. The van der Waals surface area contributed by atoms with Gasteiger partial charge in [0.05, 0.1) is 10.0 Å². The second kappa shape index (κ2) is 9.39. The number of hydrogen-bond donors (Lipinski definition) is 0. The van der Waals surface area contributed by atoms with Crippen LogP contribution in [0.4, 0.5) is 0 Å². The monoisotopic (exact) mass is 422 g/mol. The van der Waals surface area contributed by atoms with Crippen LogP contribution in [0.1, 0.15) is 6.92 Å². The summed E-state index contributed by atoms with van der Waals surface area (Å²) in [5.41, 5.74) is 0. The van der Waals surface area contributed by atoms with Gasteiger partial charge in [-0.25, -0.2) is 4.79 Å². The van der Waals surface area contributed by atoms with Gasteiger partial charge in [0.25, 0.3) is 0 Å². The molecule has 0 aliphatic heterocycles. The second-order valence-electron chi connectivity index (χ2n) is 5.05. The fourth-order valence-electron chi connectivity index (χ4n) is 1.82. The Kier molecular flexibility index (Phi) is 7.51. The molecule has 0 aromatic heterocycles. The fraction of sp³-hybridized carbons (Fsp3) is 0.235. The lowest BCUT2D eigenvalue weighted by Gasteiger charge is -2.15. The van der Waals surface area contributed by atoms with Crippen molar-refractivity contribution in [1.82, 2.24) is 0 Å². The lowest BCUT2D eigenvalue weighted by atomic mass is 10.3. The van der Waals surface area contributed by atoms with Gasteiger partial charge >= 0.3 is 5.97 Å². The molecule has 1 atom stereocenters. The standard InChI is InChI=1S/C17H14Cl4O4/c1-10(8-23-15-4-2-11(18)6-13(15)20)25-17(22)9-24-16-5-3-12(19)7-14(16)21/h2-7,10H,8-9H2,1H3/t10-/m0/s1. The zero-order valence-corrected chi connectivity index (χ0v) is 16.1. The Morgan fingerprint density at radius 2 is 1.44 bits per heavy atom. The Morgan fingerprint density at radius 3 is 1.96 bits per heavy atom. The zero-order valence-electron chi connectivity index (χ0n) is 13.1. The third-order valence-electron chi connectivity index (χ3n) is 2.94.